The van der Waals surface area contributed by atoms with Crippen molar-refractivity contribution in [3.63, 3.8) is 0 Å². The molecule has 0 spiro atoms. The first-order valence-corrected chi connectivity index (χ1v) is 33.0. The molecule has 0 bridgehead atoms. The molecule has 0 aromatic heterocycles. The summed E-state index contributed by atoms with van der Waals surface area (Å²) in [5, 5.41) is 80.0. The van der Waals surface area contributed by atoms with Gasteiger partial charge in [-0.2, -0.15) is 0 Å². The van der Waals surface area contributed by atoms with Crippen LogP contribution in [-0.2, 0) is 0 Å². The molecule has 16 aromatic carbocycles. The molecule has 0 radical (unpaired) electrons. The van der Waals surface area contributed by atoms with Gasteiger partial charge in [0.2, 0.25) is 0 Å². The minimum absolute atomic E-state index is 0.0167. The quantitative estimate of drug-likeness (QED) is 0.0981. The van der Waals surface area contributed by atoms with Crippen molar-refractivity contribution in [3.05, 3.63) is 358 Å². The number of phenols is 6. The molecular weight excluding hydrogens is 1250 g/mol. The summed E-state index contributed by atoms with van der Waals surface area (Å²) in [6, 6.07) is 91.5. The van der Waals surface area contributed by atoms with Gasteiger partial charge < -0.3 is 30.6 Å². The Bertz CT molecular complexity index is 5940. The van der Waals surface area contributed by atoms with Gasteiger partial charge in [0.25, 0.3) is 0 Å². The Hall–Kier alpha value is -14.8. The van der Waals surface area contributed by atoms with Crippen LogP contribution in [0.15, 0.2) is 291 Å². The monoisotopic (exact) mass is 1300 g/mol. The number of fused-ring (bicyclic) bond motifs is 6. The van der Waals surface area contributed by atoms with Crippen LogP contribution in [0.4, 0.5) is 0 Å². The fourth-order valence-electron chi connectivity index (χ4n) is 13.2. The normalized spacial score (nSPS) is 10.7. The van der Waals surface area contributed by atoms with Gasteiger partial charge in [0.1, 0.15) is 34.5 Å². The zero-order valence-electron chi connectivity index (χ0n) is 54.4. The SMILES string of the molecule is Oc1ccc2ccccc2c1-c1c(O)c(C#Cc2ccc(C#Cc3cc(C#Cc4ccc(C#Cc5cc6ccccc6c(-c6c(O)ccc7ccccc67)c5O)cc4)cc(C#Cc4ccc(C#Cc5cc6ccccc6c(-c6c(O)ccc7ccccc67)c5O)cc4)c3)cc2)cc2ccccc12. The summed E-state index contributed by atoms with van der Waals surface area (Å²) in [6.07, 6.45) is 0. The lowest BCUT2D eigenvalue weighted by molar-refractivity contribution is 0.469. The van der Waals surface area contributed by atoms with Crippen LogP contribution in [0.2, 0.25) is 0 Å². The average Bonchev–Trinajstić information content (AvgIpc) is 0.762. The van der Waals surface area contributed by atoms with Gasteiger partial charge in [-0.3, -0.25) is 0 Å². The number of benzene rings is 16. The van der Waals surface area contributed by atoms with Crippen LogP contribution in [-0.4, -0.2) is 30.6 Å². The van der Waals surface area contributed by atoms with E-state index in [4.69, 9.17) is 0 Å². The van der Waals surface area contributed by atoms with E-state index in [0.717, 1.165) is 81.3 Å². The lowest BCUT2D eigenvalue weighted by Gasteiger charge is -2.15. The van der Waals surface area contributed by atoms with E-state index < -0.39 is 0 Å². The zero-order valence-corrected chi connectivity index (χ0v) is 54.4. The molecule has 16 rings (SSSR count). The molecule has 6 nitrogen and oxygen atoms in total. The molecule has 102 heavy (non-hydrogen) atoms. The number of hydrogen-bond acceptors (Lipinski definition) is 6. The van der Waals surface area contributed by atoms with Crippen molar-refractivity contribution in [2.24, 2.45) is 0 Å². The molecular formula is C96H54O6. The standard InChI is InChI=1S/C96H54O6/c97-85-52-49-70-13-1-7-19-79(70)88(85)91-82-22-10-4-16-73(82)58-76(94(91)100)46-43-64-31-25-61(26-32-64)37-40-67-55-68(41-38-62-27-33-65(34-28-62)44-47-77-59-74-17-5-11-23-83(74)92(95(77)101)89-80-20-8-2-14-71(80)50-53-86(89)98)57-69(56-67)42-39-63-29-35-66(36-30-63)45-48-78-60-75-18-6-12-24-84(75)93(96(78)102)90-81-21-9-3-15-72(81)51-54-87(90)99/h1-36,49-60,97-102H. The van der Waals surface area contributed by atoms with E-state index in [2.05, 4.69) is 71.0 Å². The largest absolute Gasteiger partial charge is 0.507 e. The first kappa shape index (κ1) is 62.1. The minimum Gasteiger partial charge on any atom is -0.507 e. The number of aromatic hydroxyl groups is 6. The van der Waals surface area contributed by atoms with Gasteiger partial charge in [0.15, 0.2) is 0 Å². The molecule has 0 amide bonds. The summed E-state index contributed by atoms with van der Waals surface area (Å²) in [5.41, 5.74) is 10.9. The second kappa shape index (κ2) is 26.7. The molecule has 0 unspecified atom stereocenters. The lowest BCUT2D eigenvalue weighted by atomic mass is 9.90. The third kappa shape index (κ3) is 12.2. The van der Waals surface area contributed by atoms with Crippen LogP contribution in [0.3, 0.4) is 0 Å². The van der Waals surface area contributed by atoms with Crippen molar-refractivity contribution < 1.29 is 30.6 Å². The van der Waals surface area contributed by atoms with Gasteiger partial charge in [-0.05, 0) is 192 Å². The van der Waals surface area contributed by atoms with Gasteiger partial charge in [-0.15, -0.1) is 0 Å². The van der Waals surface area contributed by atoms with Gasteiger partial charge in [-0.1, -0.05) is 235 Å². The van der Waals surface area contributed by atoms with Crippen LogP contribution in [0.5, 0.6) is 34.5 Å². The Labute approximate surface area is 588 Å². The molecule has 0 aliphatic heterocycles. The predicted octanol–water partition coefficient (Wildman–Crippen LogP) is 20.2. The topological polar surface area (TPSA) is 121 Å². The third-order valence-electron chi connectivity index (χ3n) is 18.2. The highest BCUT2D eigenvalue weighted by atomic mass is 16.3. The number of rotatable bonds is 3. The summed E-state index contributed by atoms with van der Waals surface area (Å²) in [4.78, 5) is 0. The van der Waals surface area contributed by atoms with Crippen molar-refractivity contribution in [1.29, 1.82) is 0 Å². The van der Waals surface area contributed by atoms with E-state index in [9.17, 15) is 30.6 Å². The molecule has 0 aliphatic rings. The maximum Gasteiger partial charge on any atom is 0.139 e. The molecule has 6 N–H and O–H groups in total. The number of phenolic OH excluding ortho intramolecular Hbond substituents is 6. The van der Waals surface area contributed by atoms with Gasteiger partial charge in [0, 0.05) is 83.5 Å². The van der Waals surface area contributed by atoms with Crippen LogP contribution in [0, 0.1) is 71.0 Å². The van der Waals surface area contributed by atoms with Crippen LogP contribution >= 0.6 is 0 Å². The Morgan fingerprint density at radius 2 is 0.353 bits per heavy atom. The lowest BCUT2D eigenvalue weighted by Crippen LogP contribution is -1.90. The fourth-order valence-corrected chi connectivity index (χ4v) is 13.2. The van der Waals surface area contributed by atoms with E-state index >= 15 is 0 Å². The van der Waals surface area contributed by atoms with Gasteiger partial charge in [-0.25, -0.2) is 0 Å². The van der Waals surface area contributed by atoms with Gasteiger partial charge in [0.05, 0.1) is 16.7 Å². The van der Waals surface area contributed by atoms with E-state index in [1.54, 1.807) is 18.2 Å². The van der Waals surface area contributed by atoms with E-state index in [0.29, 0.717) is 83.5 Å². The van der Waals surface area contributed by atoms with E-state index in [1.807, 2.05) is 273 Å². The predicted molar refractivity (Wildman–Crippen MR) is 412 cm³/mol. The fraction of sp³-hybridized carbons (Fsp3) is 0. The Morgan fingerprint density at radius 1 is 0.157 bits per heavy atom. The van der Waals surface area contributed by atoms with Crippen molar-refractivity contribution in [2.45, 2.75) is 0 Å². The maximum atomic E-state index is 12.0. The van der Waals surface area contributed by atoms with Crippen LogP contribution in [0.1, 0.15) is 66.8 Å². The van der Waals surface area contributed by atoms with Crippen molar-refractivity contribution >= 4 is 64.6 Å². The first-order chi connectivity index (χ1) is 50.0. The van der Waals surface area contributed by atoms with Crippen LogP contribution < -0.4 is 0 Å². The molecule has 6 heteroatoms. The maximum absolute atomic E-state index is 12.0. The molecule has 0 heterocycles. The summed E-state index contributed by atoms with van der Waals surface area (Å²) in [7, 11) is 0. The van der Waals surface area contributed by atoms with Gasteiger partial charge >= 0.3 is 0 Å². The molecule has 0 fully saturated rings. The van der Waals surface area contributed by atoms with E-state index in [1.165, 1.54) is 0 Å². The smallest absolute Gasteiger partial charge is 0.139 e. The molecule has 16 aromatic rings. The summed E-state index contributed by atoms with van der Waals surface area (Å²) in [6.45, 7) is 0. The summed E-state index contributed by atoms with van der Waals surface area (Å²) in [5.74, 6) is 39.6. The Kier molecular flexibility index (Phi) is 16.2. The molecule has 0 saturated carbocycles. The van der Waals surface area contributed by atoms with Crippen LogP contribution in [0.25, 0.3) is 98.0 Å². The average molecular weight is 1300 g/mol. The van der Waals surface area contributed by atoms with Crippen molar-refractivity contribution in [3.8, 4) is 139 Å². The minimum atomic E-state index is -0.0167. The Morgan fingerprint density at radius 3 is 0.598 bits per heavy atom. The molecule has 0 atom stereocenters. The second-order valence-corrected chi connectivity index (χ2v) is 24.7. The second-order valence-electron chi connectivity index (χ2n) is 24.7. The number of hydrogen-bond donors (Lipinski definition) is 6. The highest BCUT2D eigenvalue weighted by Gasteiger charge is 2.23. The summed E-state index contributed by atoms with van der Waals surface area (Å²) >= 11 is 0. The highest BCUT2D eigenvalue weighted by Crippen LogP contribution is 2.49. The van der Waals surface area contributed by atoms with E-state index in [-0.39, 0.29) is 34.5 Å². The van der Waals surface area contributed by atoms with Crippen molar-refractivity contribution in [1.82, 2.24) is 0 Å². The molecule has 0 saturated heterocycles. The van der Waals surface area contributed by atoms with Crippen molar-refractivity contribution in [2.75, 3.05) is 0 Å². The zero-order chi connectivity index (χ0) is 69.2. The summed E-state index contributed by atoms with van der Waals surface area (Å²) < 4.78 is 0. The Balaban J connectivity index is 0.700. The highest BCUT2D eigenvalue weighted by molar-refractivity contribution is 6.13. The molecule has 0 aliphatic carbocycles. The first-order valence-electron chi connectivity index (χ1n) is 33.0. The molecule has 474 valence electrons. The third-order valence-corrected chi connectivity index (χ3v) is 18.2.